The van der Waals surface area contributed by atoms with Crippen molar-refractivity contribution in [3.05, 3.63) is 92.4 Å². The molecule has 3 rings (SSSR count). The van der Waals surface area contributed by atoms with Crippen LogP contribution in [0, 0.1) is 13.8 Å². The molecule has 3 aromatic rings. The maximum atomic E-state index is 13.8. The molecule has 7 nitrogen and oxygen atoms in total. The minimum atomic E-state index is -4.18. The zero-order chi connectivity index (χ0) is 28.2. The highest BCUT2D eigenvalue weighted by molar-refractivity contribution is 7.92. The largest absolute Gasteiger partial charge is 0.357 e. The zero-order valence-electron chi connectivity index (χ0n) is 21.3. The van der Waals surface area contributed by atoms with Crippen LogP contribution in [0.25, 0.3) is 0 Å². The number of hydrogen-bond donors (Lipinski definition) is 1. The number of nitrogens with one attached hydrogen (secondary N) is 1. The lowest BCUT2D eigenvalue weighted by atomic mass is 10.1. The molecular weight excluding hydrogens is 569 g/mol. The topological polar surface area (TPSA) is 86.8 Å². The van der Waals surface area contributed by atoms with Gasteiger partial charge in [0.2, 0.25) is 11.8 Å². The van der Waals surface area contributed by atoms with Crippen molar-refractivity contribution in [2.75, 3.05) is 17.9 Å². The lowest BCUT2D eigenvalue weighted by Crippen LogP contribution is -2.50. The van der Waals surface area contributed by atoms with Crippen LogP contribution < -0.4 is 9.62 Å². The van der Waals surface area contributed by atoms with Crippen LogP contribution in [0.5, 0.6) is 0 Å². The number of hydrogen-bond acceptors (Lipinski definition) is 4. The number of anilines is 1. The second-order valence-corrected chi connectivity index (χ2v) is 11.9. The van der Waals surface area contributed by atoms with Gasteiger partial charge >= 0.3 is 0 Å². The van der Waals surface area contributed by atoms with Crippen molar-refractivity contribution in [2.45, 2.75) is 38.3 Å². The summed E-state index contributed by atoms with van der Waals surface area (Å²) >= 11 is 18.3. The van der Waals surface area contributed by atoms with E-state index in [2.05, 4.69) is 5.32 Å². The normalized spacial score (nSPS) is 12.1. The van der Waals surface area contributed by atoms with E-state index < -0.39 is 34.4 Å². The van der Waals surface area contributed by atoms with Crippen LogP contribution in [-0.4, -0.2) is 44.8 Å². The van der Waals surface area contributed by atoms with Crippen LogP contribution in [0.4, 0.5) is 5.69 Å². The Hall–Kier alpha value is -2.78. The van der Waals surface area contributed by atoms with E-state index in [1.807, 2.05) is 13.8 Å². The Morgan fingerprint density at radius 2 is 1.53 bits per heavy atom. The highest BCUT2D eigenvalue weighted by atomic mass is 35.5. The lowest BCUT2D eigenvalue weighted by Gasteiger charge is -2.32. The highest BCUT2D eigenvalue weighted by Gasteiger charge is 2.32. The summed E-state index contributed by atoms with van der Waals surface area (Å²) in [6.07, 6.45) is 0. The molecule has 0 aliphatic heterocycles. The maximum absolute atomic E-state index is 13.8. The molecule has 1 unspecified atom stereocenters. The summed E-state index contributed by atoms with van der Waals surface area (Å²) in [6.45, 7) is 4.74. The van der Waals surface area contributed by atoms with Gasteiger partial charge in [-0.25, -0.2) is 8.42 Å². The van der Waals surface area contributed by atoms with Gasteiger partial charge in [0.25, 0.3) is 10.0 Å². The van der Waals surface area contributed by atoms with Gasteiger partial charge in [0.15, 0.2) is 0 Å². The van der Waals surface area contributed by atoms with E-state index in [9.17, 15) is 18.0 Å². The number of carbonyl (C=O) groups excluding carboxylic acids is 2. The second-order valence-electron chi connectivity index (χ2n) is 8.78. The molecule has 0 aromatic heterocycles. The number of carbonyl (C=O) groups is 2. The van der Waals surface area contributed by atoms with Crippen LogP contribution in [0.15, 0.2) is 65.6 Å². The highest BCUT2D eigenvalue weighted by Crippen LogP contribution is 2.28. The van der Waals surface area contributed by atoms with Gasteiger partial charge in [-0.05, 0) is 86.0 Å². The number of aryl methyl sites for hydroxylation is 2. The predicted molar refractivity (Wildman–Crippen MR) is 152 cm³/mol. The average Bonchev–Trinajstić information content (AvgIpc) is 2.87. The number of rotatable bonds is 9. The summed E-state index contributed by atoms with van der Waals surface area (Å²) in [4.78, 5) is 27.6. The van der Waals surface area contributed by atoms with E-state index >= 15 is 0 Å². The van der Waals surface area contributed by atoms with Crippen molar-refractivity contribution in [1.29, 1.82) is 0 Å². The Labute approximate surface area is 238 Å². The van der Waals surface area contributed by atoms with Gasteiger partial charge in [-0.1, -0.05) is 46.9 Å². The first-order valence-corrected chi connectivity index (χ1v) is 14.2. The molecule has 0 aliphatic carbocycles. The van der Waals surface area contributed by atoms with Crippen LogP contribution in [0.1, 0.15) is 23.6 Å². The van der Waals surface area contributed by atoms with Gasteiger partial charge in [-0.3, -0.25) is 13.9 Å². The standard InChI is InChI=1S/C27H28Cl3N3O4S/c1-17-5-10-23(13-18(17)2)33(38(36,37)24-11-8-21(28)9-12-24)16-26(34)32(19(3)27(35)31-4)15-20-6-7-22(29)14-25(20)30/h5-14,19H,15-16H2,1-4H3,(H,31,35). The molecule has 0 fully saturated rings. The fraction of sp³-hybridized carbons (Fsp3) is 0.259. The molecule has 0 heterocycles. The summed E-state index contributed by atoms with van der Waals surface area (Å²) < 4.78 is 28.7. The first-order chi connectivity index (χ1) is 17.8. The van der Waals surface area contributed by atoms with E-state index in [0.717, 1.165) is 15.4 Å². The molecule has 1 atom stereocenters. The van der Waals surface area contributed by atoms with E-state index in [-0.39, 0.29) is 11.4 Å². The molecule has 11 heteroatoms. The lowest BCUT2D eigenvalue weighted by molar-refractivity contribution is -0.139. The number of halogens is 3. The fourth-order valence-electron chi connectivity index (χ4n) is 3.77. The van der Waals surface area contributed by atoms with Crippen molar-refractivity contribution in [2.24, 2.45) is 0 Å². The number of likely N-dealkylation sites (N-methyl/N-ethyl adjacent to an activating group) is 1. The molecule has 2 amide bonds. The summed E-state index contributed by atoms with van der Waals surface area (Å²) in [6, 6.07) is 14.8. The van der Waals surface area contributed by atoms with E-state index in [4.69, 9.17) is 34.8 Å². The first-order valence-electron chi connectivity index (χ1n) is 11.7. The first kappa shape index (κ1) is 29.8. The van der Waals surface area contributed by atoms with Gasteiger partial charge in [-0.15, -0.1) is 0 Å². The third-order valence-electron chi connectivity index (χ3n) is 6.23. The quantitative estimate of drug-likeness (QED) is 0.347. The van der Waals surface area contributed by atoms with Crippen LogP contribution in [0.3, 0.4) is 0 Å². The molecule has 0 saturated heterocycles. The van der Waals surface area contributed by atoms with Gasteiger partial charge in [-0.2, -0.15) is 0 Å². The SMILES string of the molecule is CNC(=O)C(C)N(Cc1ccc(Cl)cc1Cl)C(=O)CN(c1ccc(C)c(C)c1)S(=O)(=O)c1ccc(Cl)cc1. The molecule has 0 saturated carbocycles. The smallest absolute Gasteiger partial charge is 0.264 e. The Balaban J connectivity index is 2.07. The molecule has 38 heavy (non-hydrogen) atoms. The van der Waals surface area contributed by atoms with Gasteiger partial charge in [0.1, 0.15) is 12.6 Å². The molecule has 0 aliphatic rings. The average molecular weight is 597 g/mol. The van der Waals surface area contributed by atoms with Crippen molar-refractivity contribution in [3.8, 4) is 0 Å². The van der Waals surface area contributed by atoms with Crippen LogP contribution in [-0.2, 0) is 26.2 Å². The van der Waals surface area contributed by atoms with Crippen molar-refractivity contribution >= 4 is 62.3 Å². The van der Waals surface area contributed by atoms with Gasteiger partial charge < -0.3 is 10.2 Å². The fourth-order valence-corrected chi connectivity index (χ4v) is 5.77. The van der Waals surface area contributed by atoms with Crippen LogP contribution in [0.2, 0.25) is 15.1 Å². The van der Waals surface area contributed by atoms with Crippen molar-refractivity contribution < 1.29 is 18.0 Å². The maximum Gasteiger partial charge on any atom is 0.264 e. The summed E-state index contributed by atoms with van der Waals surface area (Å²) in [7, 11) is -2.72. The van der Waals surface area contributed by atoms with E-state index in [1.165, 1.54) is 42.3 Å². The molecule has 1 N–H and O–H groups in total. The Kier molecular flexibility index (Phi) is 9.70. The van der Waals surface area contributed by atoms with Crippen molar-refractivity contribution in [1.82, 2.24) is 10.2 Å². The molecular formula is C27H28Cl3N3O4S. The summed E-state index contributed by atoms with van der Waals surface area (Å²) in [5.74, 6) is -1.01. The summed E-state index contributed by atoms with van der Waals surface area (Å²) in [5.41, 5.74) is 2.69. The third-order valence-corrected chi connectivity index (χ3v) is 8.86. The molecule has 3 aromatic carbocycles. The Bertz CT molecular complexity index is 1450. The third kappa shape index (κ3) is 6.80. The molecule has 0 bridgehead atoms. The summed E-state index contributed by atoms with van der Waals surface area (Å²) in [5, 5.41) is 3.66. The second kappa shape index (κ2) is 12.4. The minimum absolute atomic E-state index is 0.0282. The zero-order valence-corrected chi connectivity index (χ0v) is 24.4. The molecule has 202 valence electrons. The van der Waals surface area contributed by atoms with Crippen molar-refractivity contribution in [3.63, 3.8) is 0 Å². The van der Waals surface area contributed by atoms with Gasteiger partial charge in [0.05, 0.1) is 10.6 Å². The molecule has 0 radical (unpaired) electrons. The number of benzene rings is 3. The molecule has 0 spiro atoms. The van der Waals surface area contributed by atoms with E-state index in [1.54, 1.807) is 37.3 Å². The van der Waals surface area contributed by atoms with Gasteiger partial charge in [0, 0.05) is 28.7 Å². The van der Waals surface area contributed by atoms with Crippen LogP contribution >= 0.6 is 34.8 Å². The monoisotopic (exact) mass is 595 g/mol. The Morgan fingerprint density at radius 3 is 2.11 bits per heavy atom. The number of amides is 2. The predicted octanol–water partition coefficient (Wildman–Crippen LogP) is 5.62. The number of nitrogens with zero attached hydrogens (tertiary/aromatic N) is 2. The van der Waals surface area contributed by atoms with E-state index in [0.29, 0.717) is 26.3 Å². The Morgan fingerprint density at radius 1 is 0.895 bits per heavy atom. The number of sulfonamides is 1. The minimum Gasteiger partial charge on any atom is -0.357 e.